The molecule has 0 fully saturated rings. The second-order valence-corrected chi connectivity index (χ2v) is 5.57. The molecule has 1 aromatic carbocycles. The average Bonchev–Trinajstić information content (AvgIpc) is 2.87. The first-order valence-corrected chi connectivity index (χ1v) is 7.35. The molecular formula is C17H18FN3O. The van der Waals surface area contributed by atoms with Crippen LogP contribution in [0.5, 0.6) is 0 Å². The molecule has 2 heterocycles. The molecule has 5 heteroatoms. The van der Waals surface area contributed by atoms with Gasteiger partial charge in [-0.2, -0.15) is 0 Å². The smallest absolute Gasteiger partial charge is 0.224 e. The van der Waals surface area contributed by atoms with Gasteiger partial charge >= 0.3 is 0 Å². The summed E-state index contributed by atoms with van der Waals surface area (Å²) in [5, 5.41) is 2.90. The molecule has 0 radical (unpaired) electrons. The summed E-state index contributed by atoms with van der Waals surface area (Å²) in [7, 11) is 2.05. The molecular weight excluding hydrogens is 281 g/mol. The van der Waals surface area contributed by atoms with Gasteiger partial charge in [-0.1, -0.05) is 6.07 Å². The maximum atomic E-state index is 13.0. The van der Waals surface area contributed by atoms with Crippen molar-refractivity contribution in [2.75, 3.05) is 23.8 Å². The number of nitrogens with one attached hydrogen (secondary N) is 1. The Balaban J connectivity index is 1.59. The highest BCUT2D eigenvalue weighted by atomic mass is 19.1. The number of aryl methyl sites for hydroxylation is 1. The van der Waals surface area contributed by atoms with Crippen molar-refractivity contribution >= 4 is 17.3 Å². The zero-order chi connectivity index (χ0) is 15.5. The first-order chi connectivity index (χ1) is 10.6. The molecule has 3 rings (SSSR count). The van der Waals surface area contributed by atoms with Gasteiger partial charge in [-0.05, 0) is 42.2 Å². The number of halogens is 1. The van der Waals surface area contributed by atoms with Crippen LogP contribution in [0.4, 0.5) is 15.8 Å². The average molecular weight is 299 g/mol. The van der Waals surface area contributed by atoms with Crippen molar-refractivity contribution in [3.8, 4) is 0 Å². The summed E-state index contributed by atoms with van der Waals surface area (Å²) in [5.74, 6) is -0.454. The number of carbonyl (C=O) groups is 1. The predicted molar refractivity (Wildman–Crippen MR) is 84.6 cm³/mol. The number of anilines is 2. The van der Waals surface area contributed by atoms with Gasteiger partial charge in [-0.3, -0.25) is 9.78 Å². The van der Waals surface area contributed by atoms with E-state index in [9.17, 15) is 9.18 Å². The summed E-state index contributed by atoms with van der Waals surface area (Å²) in [6.45, 7) is 1.01. The SMILES string of the molecule is CN1CCc2ccc(NC(=O)CCc3cncc(F)c3)cc21. The molecule has 0 unspecified atom stereocenters. The van der Waals surface area contributed by atoms with Gasteiger partial charge in [0.05, 0.1) is 6.20 Å². The van der Waals surface area contributed by atoms with Crippen LogP contribution in [0.3, 0.4) is 0 Å². The molecule has 0 saturated carbocycles. The number of aromatic nitrogens is 1. The molecule has 1 amide bonds. The minimum absolute atomic E-state index is 0.0788. The fourth-order valence-electron chi connectivity index (χ4n) is 2.69. The van der Waals surface area contributed by atoms with Gasteiger partial charge in [0.15, 0.2) is 0 Å². The minimum Gasteiger partial charge on any atom is -0.374 e. The quantitative estimate of drug-likeness (QED) is 0.944. The Labute approximate surface area is 129 Å². The van der Waals surface area contributed by atoms with E-state index in [1.807, 2.05) is 19.2 Å². The summed E-state index contributed by atoms with van der Waals surface area (Å²) in [5.41, 5.74) is 4.01. The van der Waals surface area contributed by atoms with Crippen molar-refractivity contribution in [1.82, 2.24) is 4.98 Å². The third kappa shape index (κ3) is 3.24. The summed E-state index contributed by atoms with van der Waals surface area (Å²) in [4.78, 5) is 18.0. The van der Waals surface area contributed by atoms with Crippen LogP contribution in [-0.2, 0) is 17.6 Å². The predicted octanol–water partition coefficient (Wildman–Crippen LogP) is 2.78. The van der Waals surface area contributed by atoms with Crippen LogP contribution in [-0.4, -0.2) is 24.5 Å². The number of likely N-dealkylation sites (N-methyl/N-ethyl adjacent to an activating group) is 1. The monoisotopic (exact) mass is 299 g/mol. The van der Waals surface area contributed by atoms with Crippen LogP contribution >= 0.6 is 0 Å². The van der Waals surface area contributed by atoms with Crippen LogP contribution in [0.15, 0.2) is 36.7 Å². The number of fused-ring (bicyclic) bond motifs is 1. The molecule has 2 aromatic rings. The number of benzene rings is 1. The Morgan fingerprint density at radius 1 is 1.36 bits per heavy atom. The first-order valence-electron chi connectivity index (χ1n) is 7.35. The molecule has 0 bridgehead atoms. The third-order valence-corrected chi connectivity index (χ3v) is 3.90. The lowest BCUT2D eigenvalue weighted by Crippen LogP contribution is -2.14. The summed E-state index contributed by atoms with van der Waals surface area (Å²) in [6.07, 6.45) is 4.57. The molecule has 1 N–H and O–H groups in total. The lowest BCUT2D eigenvalue weighted by atomic mass is 10.1. The van der Waals surface area contributed by atoms with Crippen LogP contribution < -0.4 is 10.2 Å². The number of amides is 1. The highest BCUT2D eigenvalue weighted by molar-refractivity contribution is 5.91. The van der Waals surface area contributed by atoms with Gasteiger partial charge in [-0.25, -0.2) is 4.39 Å². The second-order valence-electron chi connectivity index (χ2n) is 5.57. The molecule has 22 heavy (non-hydrogen) atoms. The Hall–Kier alpha value is -2.43. The number of carbonyl (C=O) groups excluding carboxylic acids is 1. The minimum atomic E-state index is -0.375. The van der Waals surface area contributed by atoms with E-state index < -0.39 is 0 Å². The molecule has 0 aliphatic carbocycles. The van der Waals surface area contributed by atoms with Gasteiger partial charge in [0.25, 0.3) is 0 Å². The molecule has 0 spiro atoms. The van der Waals surface area contributed by atoms with E-state index in [4.69, 9.17) is 0 Å². The topological polar surface area (TPSA) is 45.2 Å². The number of hydrogen-bond donors (Lipinski definition) is 1. The molecule has 1 aromatic heterocycles. The molecule has 1 aliphatic heterocycles. The lowest BCUT2D eigenvalue weighted by molar-refractivity contribution is -0.116. The highest BCUT2D eigenvalue weighted by Crippen LogP contribution is 2.29. The summed E-state index contributed by atoms with van der Waals surface area (Å²) in [6, 6.07) is 7.40. The standard InChI is InChI=1S/C17H18FN3O/c1-21-7-6-13-3-4-15(9-16(13)21)20-17(22)5-2-12-8-14(18)11-19-10-12/h3-4,8-11H,2,5-7H2,1H3,(H,20,22). The van der Waals surface area contributed by atoms with E-state index >= 15 is 0 Å². The Bertz CT molecular complexity index is 702. The van der Waals surface area contributed by atoms with Crippen LogP contribution in [0.25, 0.3) is 0 Å². The van der Waals surface area contributed by atoms with Crippen LogP contribution in [0.2, 0.25) is 0 Å². The van der Waals surface area contributed by atoms with E-state index in [1.54, 1.807) is 6.20 Å². The van der Waals surface area contributed by atoms with Gasteiger partial charge in [0, 0.05) is 37.6 Å². The van der Waals surface area contributed by atoms with Crippen molar-refractivity contribution in [3.05, 3.63) is 53.6 Å². The lowest BCUT2D eigenvalue weighted by Gasteiger charge is -2.13. The van der Waals surface area contributed by atoms with Crippen molar-refractivity contribution < 1.29 is 9.18 Å². The van der Waals surface area contributed by atoms with Crippen molar-refractivity contribution in [2.45, 2.75) is 19.3 Å². The third-order valence-electron chi connectivity index (χ3n) is 3.90. The largest absolute Gasteiger partial charge is 0.374 e. The maximum absolute atomic E-state index is 13.0. The summed E-state index contributed by atoms with van der Waals surface area (Å²) >= 11 is 0. The zero-order valence-corrected chi connectivity index (χ0v) is 12.5. The Kier molecular flexibility index (Phi) is 4.04. The van der Waals surface area contributed by atoms with Gasteiger partial charge < -0.3 is 10.2 Å². The number of rotatable bonds is 4. The number of pyridine rings is 1. The van der Waals surface area contributed by atoms with Gasteiger partial charge in [0.1, 0.15) is 5.82 Å². The molecule has 0 atom stereocenters. The molecule has 0 saturated heterocycles. The number of hydrogen-bond acceptors (Lipinski definition) is 3. The van der Waals surface area contributed by atoms with E-state index in [0.29, 0.717) is 12.8 Å². The highest BCUT2D eigenvalue weighted by Gasteiger charge is 2.16. The maximum Gasteiger partial charge on any atom is 0.224 e. The Morgan fingerprint density at radius 3 is 3.05 bits per heavy atom. The van der Waals surface area contributed by atoms with Crippen molar-refractivity contribution in [3.63, 3.8) is 0 Å². The molecule has 1 aliphatic rings. The van der Waals surface area contributed by atoms with E-state index in [0.717, 1.165) is 30.4 Å². The van der Waals surface area contributed by atoms with Crippen LogP contribution in [0.1, 0.15) is 17.5 Å². The molecule has 114 valence electrons. The Morgan fingerprint density at radius 2 is 2.23 bits per heavy atom. The number of nitrogens with zero attached hydrogens (tertiary/aromatic N) is 2. The second kappa shape index (κ2) is 6.13. The van der Waals surface area contributed by atoms with Crippen molar-refractivity contribution in [2.24, 2.45) is 0 Å². The fourth-order valence-corrected chi connectivity index (χ4v) is 2.69. The van der Waals surface area contributed by atoms with Gasteiger partial charge in [0.2, 0.25) is 5.91 Å². The molecule has 4 nitrogen and oxygen atoms in total. The summed E-state index contributed by atoms with van der Waals surface area (Å²) < 4.78 is 13.0. The fraction of sp³-hybridized carbons (Fsp3) is 0.294. The first kappa shape index (κ1) is 14.5. The zero-order valence-electron chi connectivity index (χ0n) is 12.5. The van der Waals surface area contributed by atoms with Crippen molar-refractivity contribution in [1.29, 1.82) is 0 Å². The van der Waals surface area contributed by atoms with E-state index in [2.05, 4.69) is 21.3 Å². The van der Waals surface area contributed by atoms with Gasteiger partial charge in [-0.15, -0.1) is 0 Å². The van der Waals surface area contributed by atoms with E-state index in [1.165, 1.54) is 17.3 Å². The van der Waals surface area contributed by atoms with E-state index in [-0.39, 0.29) is 11.7 Å². The van der Waals surface area contributed by atoms with Crippen LogP contribution in [0, 0.1) is 5.82 Å². The normalized spacial score (nSPS) is 13.1.